The molecule has 2 rings (SSSR count). The largest absolute Gasteiger partial charge is 0.359 e. The van der Waals surface area contributed by atoms with Crippen molar-refractivity contribution in [2.24, 2.45) is 0 Å². The minimum atomic E-state index is -0.112. The average Bonchev–Trinajstić information content (AvgIpc) is 2.93. The van der Waals surface area contributed by atoms with Gasteiger partial charge in [0.05, 0.1) is 12.2 Å². The third-order valence-electron chi connectivity index (χ3n) is 3.00. The highest BCUT2D eigenvalue weighted by Gasteiger charge is 2.18. The Morgan fingerprint density at radius 3 is 2.78 bits per heavy atom. The SMILES string of the molecule is CNC(=O)C(CCn1ccnc1)c1ccccc1. The van der Waals surface area contributed by atoms with Crippen LogP contribution in [0.15, 0.2) is 49.1 Å². The summed E-state index contributed by atoms with van der Waals surface area (Å²) in [5.74, 6) is -0.0556. The highest BCUT2D eigenvalue weighted by atomic mass is 16.1. The molecule has 1 atom stereocenters. The molecule has 1 amide bonds. The van der Waals surface area contributed by atoms with Gasteiger partial charge in [0.25, 0.3) is 0 Å². The first kappa shape index (κ1) is 12.4. The van der Waals surface area contributed by atoms with Crippen LogP contribution in [-0.4, -0.2) is 22.5 Å². The summed E-state index contributed by atoms with van der Waals surface area (Å²) in [5, 5.41) is 2.73. The number of likely N-dealkylation sites (N-methyl/N-ethyl adjacent to an activating group) is 1. The van der Waals surface area contributed by atoms with E-state index in [-0.39, 0.29) is 11.8 Å². The van der Waals surface area contributed by atoms with Crippen LogP contribution in [0.25, 0.3) is 0 Å². The van der Waals surface area contributed by atoms with E-state index in [0.717, 1.165) is 18.5 Å². The van der Waals surface area contributed by atoms with E-state index in [2.05, 4.69) is 10.3 Å². The van der Waals surface area contributed by atoms with Gasteiger partial charge in [-0.15, -0.1) is 0 Å². The van der Waals surface area contributed by atoms with Gasteiger partial charge in [-0.25, -0.2) is 4.98 Å². The molecule has 0 saturated carbocycles. The van der Waals surface area contributed by atoms with E-state index in [0.29, 0.717) is 0 Å². The molecule has 0 spiro atoms. The van der Waals surface area contributed by atoms with E-state index in [4.69, 9.17) is 0 Å². The van der Waals surface area contributed by atoms with Gasteiger partial charge in [0.2, 0.25) is 5.91 Å². The van der Waals surface area contributed by atoms with Gasteiger partial charge in [0, 0.05) is 26.0 Å². The maximum absolute atomic E-state index is 11.9. The smallest absolute Gasteiger partial charge is 0.227 e. The summed E-state index contributed by atoms with van der Waals surface area (Å²) in [6.07, 6.45) is 6.19. The molecule has 2 aromatic rings. The van der Waals surface area contributed by atoms with Crippen molar-refractivity contribution in [3.8, 4) is 0 Å². The fourth-order valence-corrected chi connectivity index (χ4v) is 2.01. The number of aryl methyl sites for hydroxylation is 1. The van der Waals surface area contributed by atoms with Crippen molar-refractivity contribution in [3.05, 3.63) is 54.6 Å². The second kappa shape index (κ2) is 6.00. The number of carbonyl (C=O) groups excluding carboxylic acids is 1. The molecule has 1 N–H and O–H groups in total. The molecule has 0 radical (unpaired) electrons. The van der Waals surface area contributed by atoms with E-state index >= 15 is 0 Å². The van der Waals surface area contributed by atoms with Crippen LogP contribution < -0.4 is 5.32 Å². The summed E-state index contributed by atoms with van der Waals surface area (Å²) in [6, 6.07) is 9.87. The maximum Gasteiger partial charge on any atom is 0.227 e. The molecule has 0 aliphatic rings. The van der Waals surface area contributed by atoms with Crippen LogP contribution in [0.1, 0.15) is 17.9 Å². The Kier molecular flexibility index (Phi) is 4.12. The molecule has 18 heavy (non-hydrogen) atoms. The molecule has 94 valence electrons. The summed E-state index contributed by atoms with van der Waals surface area (Å²) in [4.78, 5) is 15.9. The quantitative estimate of drug-likeness (QED) is 0.870. The number of aromatic nitrogens is 2. The van der Waals surface area contributed by atoms with Crippen molar-refractivity contribution in [2.75, 3.05) is 7.05 Å². The molecule has 1 heterocycles. The zero-order valence-corrected chi connectivity index (χ0v) is 10.4. The number of nitrogens with one attached hydrogen (secondary N) is 1. The maximum atomic E-state index is 11.9. The first-order chi connectivity index (χ1) is 8.81. The first-order valence-corrected chi connectivity index (χ1v) is 6.03. The molecule has 0 fully saturated rings. The van der Waals surface area contributed by atoms with E-state index in [9.17, 15) is 4.79 Å². The van der Waals surface area contributed by atoms with Gasteiger partial charge >= 0.3 is 0 Å². The monoisotopic (exact) mass is 243 g/mol. The number of imidazole rings is 1. The molecule has 0 bridgehead atoms. The van der Waals surface area contributed by atoms with Gasteiger partial charge in [-0.05, 0) is 12.0 Å². The van der Waals surface area contributed by atoms with Crippen LogP contribution in [0.3, 0.4) is 0 Å². The molecule has 4 nitrogen and oxygen atoms in total. The molecular formula is C14H17N3O. The Hall–Kier alpha value is -2.10. The lowest BCUT2D eigenvalue weighted by molar-refractivity contribution is -0.122. The van der Waals surface area contributed by atoms with Crippen molar-refractivity contribution in [3.63, 3.8) is 0 Å². The number of nitrogens with zero attached hydrogens (tertiary/aromatic N) is 2. The van der Waals surface area contributed by atoms with Crippen molar-refractivity contribution in [1.29, 1.82) is 0 Å². The third-order valence-corrected chi connectivity index (χ3v) is 3.00. The topological polar surface area (TPSA) is 46.9 Å². The Labute approximate surface area is 107 Å². The Morgan fingerprint density at radius 2 is 2.17 bits per heavy atom. The number of hydrogen-bond donors (Lipinski definition) is 1. The second-order valence-corrected chi connectivity index (χ2v) is 4.17. The van der Waals surface area contributed by atoms with E-state index in [1.807, 2.05) is 41.1 Å². The minimum absolute atomic E-state index is 0.0568. The van der Waals surface area contributed by atoms with Gasteiger partial charge < -0.3 is 9.88 Å². The van der Waals surface area contributed by atoms with E-state index in [1.165, 1.54) is 0 Å². The fourth-order valence-electron chi connectivity index (χ4n) is 2.01. The summed E-state index contributed by atoms with van der Waals surface area (Å²) >= 11 is 0. The summed E-state index contributed by atoms with van der Waals surface area (Å²) in [6.45, 7) is 0.785. The van der Waals surface area contributed by atoms with Crippen molar-refractivity contribution in [1.82, 2.24) is 14.9 Å². The number of amides is 1. The lowest BCUT2D eigenvalue weighted by Crippen LogP contribution is -2.26. The third kappa shape index (κ3) is 2.97. The molecule has 0 aliphatic carbocycles. The highest BCUT2D eigenvalue weighted by molar-refractivity contribution is 5.83. The van der Waals surface area contributed by atoms with Crippen LogP contribution in [0.2, 0.25) is 0 Å². The van der Waals surface area contributed by atoms with Gasteiger partial charge in [-0.3, -0.25) is 4.79 Å². The van der Waals surface area contributed by atoms with Gasteiger partial charge in [0.1, 0.15) is 0 Å². The molecule has 1 aromatic heterocycles. The van der Waals surface area contributed by atoms with Gasteiger partial charge in [0.15, 0.2) is 0 Å². The summed E-state index contributed by atoms with van der Waals surface area (Å²) < 4.78 is 1.98. The van der Waals surface area contributed by atoms with Crippen LogP contribution in [0.5, 0.6) is 0 Å². The number of benzene rings is 1. The Balaban J connectivity index is 2.09. The van der Waals surface area contributed by atoms with Crippen LogP contribution >= 0.6 is 0 Å². The van der Waals surface area contributed by atoms with Gasteiger partial charge in [-0.1, -0.05) is 30.3 Å². The first-order valence-electron chi connectivity index (χ1n) is 6.03. The van der Waals surface area contributed by atoms with Crippen LogP contribution in [0, 0.1) is 0 Å². The highest BCUT2D eigenvalue weighted by Crippen LogP contribution is 2.20. The minimum Gasteiger partial charge on any atom is -0.359 e. The molecule has 1 aromatic carbocycles. The lowest BCUT2D eigenvalue weighted by Gasteiger charge is -2.16. The molecule has 0 aliphatic heterocycles. The molecule has 1 unspecified atom stereocenters. The predicted octanol–water partition coefficient (Wildman–Crippen LogP) is 1.80. The van der Waals surface area contributed by atoms with Crippen LogP contribution in [0.4, 0.5) is 0 Å². The van der Waals surface area contributed by atoms with Crippen molar-refractivity contribution >= 4 is 5.91 Å². The van der Waals surface area contributed by atoms with E-state index in [1.54, 1.807) is 19.6 Å². The molecule has 0 saturated heterocycles. The Morgan fingerprint density at radius 1 is 1.39 bits per heavy atom. The number of rotatable bonds is 5. The zero-order chi connectivity index (χ0) is 12.8. The Bertz CT molecular complexity index is 479. The second-order valence-electron chi connectivity index (χ2n) is 4.17. The van der Waals surface area contributed by atoms with Crippen LogP contribution in [-0.2, 0) is 11.3 Å². The standard InChI is InChI=1S/C14H17N3O/c1-15-14(18)13(12-5-3-2-4-6-12)7-9-17-10-8-16-11-17/h2-6,8,10-11,13H,7,9H2,1H3,(H,15,18). The fraction of sp³-hybridized carbons (Fsp3) is 0.286. The number of carbonyl (C=O) groups is 1. The van der Waals surface area contributed by atoms with Crippen molar-refractivity contribution in [2.45, 2.75) is 18.9 Å². The predicted molar refractivity (Wildman–Crippen MR) is 70.1 cm³/mol. The van der Waals surface area contributed by atoms with Gasteiger partial charge in [-0.2, -0.15) is 0 Å². The zero-order valence-electron chi connectivity index (χ0n) is 10.4. The van der Waals surface area contributed by atoms with E-state index < -0.39 is 0 Å². The summed E-state index contributed by atoms with van der Waals surface area (Å²) in [5.41, 5.74) is 1.05. The number of hydrogen-bond acceptors (Lipinski definition) is 2. The lowest BCUT2D eigenvalue weighted by atomic mass is 9.95. The average molecular weight is 243 g/mol. The molecule has 4 heteroatoms. The normalized spacial score (nSPS) is 12.1. The summed E-state index contributed by atoms with van der Waals surface area (Å²) in [7, 11) is 1.68. The van der Waals surface area contributed by atoms with Crippen molar-refractivity contribution < 1.29 is 4.79 Å². The molecular weight excluding hydrogens is 226 g/mol.